The minimum Gasteiger partial charge on any atom is -0.309 e. The fraction of sp³-hybridized carbons (Fsp3) is 0.100. The van der Waals surface area contributed by atoms with Crippen LogP contribution in [0.1, 0.15) is 33.4 Å². The summed E-state index contributed by atoms with van der Waals surface area (Å²) in [7, 11) is 0. The molecular weight excluding hydrogens is 833 g/mol. The molecular formula is C60H50N8. The van der Waals surface area contributed by atoms with Crippen molar-refractivity contribution in [2.45, 2.75) is 41.5 Å². The molecule has 2 heterocycles. The SMILES string of the molecule is Cc1cc(C)c(N(c2ccc(N(c3nc(-c4ccccc4)nc(-c4ccccc4)n3)c3nc(-c4ccccc4)nc(-c4cccc(-c5ccccc5)c4)n3)cc2)c2c(C)cc(C)cc2C)c(C)c1. The van der Waals surface area contributed by atoms with Crippen LogP contribution in [0.4, 0.5) is 34.6 Å². The largest absolute Gasteiger partial charge is 0.309 e. The van der Waals surface area contributed by atoms with Crippen LogP contribution in [0.15, 0.2) is 194 Å². The van der Waals surface area contributed by atoms with E-state index in [1.807, 2.05) is 126 Å². The summed E-state index contributed by atoms with van der Waals surface area (Å²) < 4.78 is 0. The van der Waals surface area contributed by atoms with E-state index < -0.39 is 0 Å². The summed E-state index contributed by atoms with van der Waals surface area (Å²) in [6.07, 6.45) is 0. The van der Waals surface area contributed by atoms with Gasteiger partial charge in [0.25, 0.3) is 0 Å². The predicted octanol–water partition coefficient (Wildman–Crippen LogP) is 15.2. The maximum Gasteiger partial charge on any atom is 0.241 e. The Morgan fingerprint density at radius 3 is 0.956 bits per heavy atom. The number of hydrogen-bond donors (Lipinski definition) is 0. The van der Waals surface area contributed by atoms with E-state index in [2.05, 4.69) is 119 Å². The third-order valence-corrected chi connectivity index (χ3v) is 12.1. The number of aromatic nitrogens is 6. The Morgan fingerprint density at radius 1 is 0.265 bits per heavy atom. The molecule has 0 aliphatic heterocycles. The normalized spacial score (nSPS) is 11.1. The Labute approximate surface area is 398 Å². The van der Waals surface area contributed by atoms with Crippen molar-refractivity contribution >= 4 is 34.6 Å². The summed E-state index contributed by atoms with van der Waals surface area (Å²) in [5, 5.41) is 0. The van der Waals surface area contributed by atoms with Crippen LogP contribution < -0.4 is 9.80 Å². The Bertz CT molecular complexity index is 3230. The van der Waals surface area contributed by atoms with Gasteiger partial charge in [-0.3, -0.25) is 0 Å². The van der Waals surface area contributed by atoms with Crippen molar-refractivity contribution in [1.82, 2.24) is 29.9 Å². The van der Waals surface area contributed by atoms with Gasteiger partial charge in [0.05, 0.1) is 17.1 Å². The lowest BCUT2D eigenvalue weighted by atomic mass is 9.99. The number of rotatable bonds is 11. The zero-order valence-corrected chi connectivity index (χ0v) is 39.1. The second-order valence-corrected chi connectivity index (χ2v) is 17.3. The molecule has 10 rings (SSSR count). The molecule has 2 aromatic heterocycles. The van der Waals surface area contributed by atoms with Crippen molar-refractivity contribution in [3.63, 3.8) is 0 Å². The molecule has 0 saturated carbocycles. The summed E-state index contributed by atoms with van der Waals surface area (Å²) in [5.41, 5.74) is 16.9. The van der Waals surface area contributed by atoms with E-state index in [1.54, 1.807) is 0 Å². The number of benzene rings is 8. The first kappa shape index (κ1) is 43.3. The summed E-state index contributed by atoms with van der Waals surface area (Å²) >= 11 is 0. The predicted molar refractivity (Wildman–Crippen MR) is 278 cm³/mol. The molecule has 8 aromatic carbocycles. The zero-order valence-electron chi connectivity index (χ0n) is 39.1. The van der Waals surface area contributed by atoms with Crippen molar-refractivity contribution in [2.75, 3.05) is 9.80 Å². The third kappa shape index (κ3) is 8.87. The smallest absolute Gasteiger partial charge is 0.241 e. The van der Waals surface area contributed by atoms with E-state index >= 15 is 0 Å². The molecule has 0 radical (unpaired) electrons. The summed E-state index contributed by atoms with van der Waals surface area (Å²) in [6, 6.07) is 66.3. The molecule has 0 amide bonds. The first-order valence-corrected chi connectivity index (χ1v) is 22.9. The molecule has 8 nitrogen and oxygen atoms in total. The minimum absolute atomic E-state index is 0.350. The monoisotopic (exact) mass is 882 g/mol. The van der Waals surface area contributed by atoms with Crippen molar-refractivity contribution in [1.29, 1.82) is 0 Å². The maximum absolute atomic E-state index is 5.33. The van der Waals surface area contributed by atoms with Crippen molar-refractivity contribution in [2.24, 2.45) is 0 Å². The molecule has 0 aliphatic carbocycles. The molecule has 0 unspecified atom stereocenters. The lowest BCUT2D eigenvalue weighted by Crippen LogP contribution is -2.19. The first-order chi connectivity index (χ1) is 33.2. The number of nitrogens with zero attached hydrogens (tertiary/aromatic N) is 8. The van der Waals surface area contributed by atoms with Gasteiger partial charge in [-0.1, -0.05) is 175 Å². The van der Waals surface area contributed by atoms with Crippen molar-refractivity contribution in [3.8, 4) is 56.7 Å². The fourth-order valence-electron chi connectivity index (χ4n) is 9.17. The number of anilines is 6. The lowest BCUT2D eigenvalue weighted by molar-refractivity contribution is 0.964. The van der Waals surface area contributed by atoms with Gasteiger partial charge in [0, 0.05) is 27.9 Å². The van der Waals surface area contributed by atoms with Crippen LogP contribution in [-0.4, -0.2) is 29.9 Å². The highest BCUT2D eigenvalue weighted by Gasteiger charge is 2.26. The van der Waals surface area contributed by atoms with Gasteiger partial charge in [-0.05, 0) is 105 Å². The van der Waals surface area contributed by atoms with E-state index in [0.29, 0.717) is 35.2 Å². The Balaban J connectivity index is 1.22. The molecule has 0 aliphatic rings. The highest BCUT2D eigenvalue weighted by atomic mass is 15.4. The van der Waals surface area contributed by atoms with Crippen LogP contribution in [0.3, 0.4) is 0 Å². The molecule has 330 valence electrons. The van der Waals surface area contributed by atoms with Gasteiger partial charge in [0.1, 0.15) is 0 Å². The highest BCUT2D eigenvalue weighted by molar-refractivity contribution is 5.85. The fourth-order valence-corrected chi connectivity index (χ4v) is 9.17. The molecule has 8 heteroatoms. The van der Waals surface area contributed by atoms with Crippen LogP contribution in [0.2, 0.25) is 0 Å². The third-order valence-electron chi connectivity index (χ3n) is 12.1. The molecule has 0 saturated heterocycles. The topological polar surface area (TPSA) is 83.8 Å². The molecule has 10 aromatic rings. The van der Waals surface area contributed by atoms with Crippen LogP contribution in [0.5, 0.6) is 0 Å². The second kappa shape index (κ2) is 18.7. The lowest BCUT2D eigenvalue weighted by Gasteiger charge is -2.32. The molecule has 0 atom stereocenters. The average molecular weight is 883 g/mol. The van der Waals surface area contributed by atoms with Crippen molar-refractivity contribution < 1.29 is 0 Å². The summed E-state index contributed by atoms with van der Waals surface area (Å²) in [6.45, 7) is 13.1. The second-order valence-electron chi connectivity index (χ2n) is 17.3. The van der Waals surface area contributed by atoms with Crippen molar-refractivity contribution in [3.05, 3.63) is 228 Å². The van der Waals surface area contributed by atoms with E-state index in [-0.39, 0.29) is 0 Å². The van der Waals surface area contributed by atoms with Crippen LogP contribution in [-0.2, 0) is 0 Å². The van der Waals surface area contributed by atoms with Gasteiger partial charge in [-0.15, -0.1) is 0 Å². The van der Waals surface area contributed by atoms with Gasteiger partial charge in [-0.25, -0.2) is 14.9 Å². The van der Waals surface area contributed by atoms with Crippen LogP contribution >= 0.6 is 0 Å². The molecule has 0 bridgehead atoms. The Hall–Kier alpha value is -8.62. The molecule has 0 fully saturated rings. The van der Waals surface area contributed by atoms with Gasteiger partial charge >= 0.3 is 0 Å². The van der Waals surface area contributed by atoms with Crippen LogP contribution in [0, 0.1) is 41.5 Å². The standard InChI is InChI=1S/C60H50N8/c1-39-34-41(3)53(42(4)35-39)67(54-43(5)36-40(2)37-44(54)6)51-30-32-52(33-31-51)68(59-63-55(46-22-13-8-14-23-46)61-56(64-59)47-24-15-9-16-25-47)60-65-57(48-26-17-10-18-27-48)62-58(66-60)50-29-19-28-49(38-50)45-20-11-7-12-21-45/h7-38H,1-6H3. The molecule has 0 N–H and O–H groups in total. The van der Waals surface area contributed by atoms with Gasteiger partial charge in [0.2, 0.25) is 11.9 Å². The van der Waals surface area contributed by atoms with E-state index in [9.17, 15) is 0 Å². The van der Waals surface area contributed by atoms with Gasteiger partial charge in [0.15, 0.2) is 23.3 Å². The van der Waals surface area contributed by atoms with Crippen LogP contribution in [0.25, 0.3) is 56.7 Å². The quantitative estimate of drug-likeness (QED) is 0.127. The summed E-state index contributed by atoms with van der Waals surface area (Å²) in [5.74, 6) is 2.77. The average Bonchev–Trinajstić information content (AvgIpc) is 3.36. The van der Waals surface area contributed by atoms with Gasteiger partial charge < -0.3 is 4.90 Å². The highest BCUT2D eigenvalue weighted by Crippen LogP contribution is 2.44. The number of hydrogen-bond acceptors (Lipinski definition) is 8. The Kier molecular flexibility index (Phi) is 11.9. The Morgan fingerprint density at radius 2 is 0.574 bits per heavy atom. The molecule has 68 heavy (non-hydrogen) atoms. The number of aryl methyl sites for hydroxylation is 6. The zero-order chi connectivity index (χ0) is 46.7. The maximum atomic E-state index is 5.33. The summed E-state index contributed by atoms with van der Waals surface area (Å²) in [4.78, 5) is 35.6. The first-order valence-electron chi connectivity index (χ1n) is 22.9. The van der Waals surface area contributed by atoms with E-state index in [4.69, 9.17) is 29.9 Å². The molecule has 0 spiro atoms. The van der Waals surface area contributed by atoms with E-state index in [0.717, 1.165) is 56.1 Å². The van der Waals surface area contributed by atoms with E-state index in [1.165, 1.54) is 33.4 Å². The van der Waals surface area contributed by atoms with Gasteiger partial charge in [-0.2, -0.15) is 19.9 Å². The minimum atomic E-state index is 0.350.